The number of nitrogens with one attached hydrogen (secondary N) is 1. The number of carbonyl (C=O) groups is 1. The summed E-state index contributed by atoms with van der Waals surface area (Å²) in [4.78, 5) is 22.8. The van der Waals surface area contributed by atoms with E-state index < -0.39 is 11.4 Å². The average Bonchev–Trinajstić information content (AvgIpc) is 2.86. The van der Waals surface area contributed by atoms with Gasteiger partial charge in [-0.1, -0.05) is 24.3 Å². The lowest BCUT2D eigenvalue weighted by molar-refractivity contribution is -0.142. The van der Waals surface area contributed by atoms with Gasteiger partial charge in [-0.25, -0.2) is 4.98 Å². The molecule has 0 saturated carbocycles. The van der Waals surface area contributed by atoms with Crippen LogP contribution in [0, 0.1) is 0 Å². The summed E-state index contributed by atoms with van der Waals surface area (Å²) in [5.74, 6) is 2.07. The number of hydrogen-bond donors (Lipinski definition) is 2. The van der Waals surface area contributed by atoms with Crippen LogP contribution < -0.4 is 19.7 Å². The number of benzene rings is 2. The zero-order valence-electron chi connectivity index (χ0n) is 20.4. The Hall–Kier alpha value is -3.81. The van der Waals surface area contributed by atoms with Crippen LogP contribution in [0.2, 0.25) is 0 Å². The number of aliphatic carboxylic acids is 1. The van der Waals surface area contributed by atoms with Crippen LogP contribution in [0.4, 0.5) is 17.3 Å². The minimum absolute atomic E-state index is 0.0221. The monoisotopic (exact) mass is 476 g/mol. The lowest BCUT2D eigenvalue weighted by Gasteiger charge is -2.33. The molecule has 1 fully saturated rings. The first-order valence-electron chi connectivity index (χ1n) is 11.9. The number of nitrogens with zero attached hydrogens (tertiary/aromatic N) is 3. The molecule has 8 heteroatoms. The molecule has 1 aromatic heterocycles. The van der Waals surface area contributed by atoms with Crippen molar-refractivity contribution in [3.63, 3.8) is 0 Å². The molecule has 0 spiro atoms. The van der Waals surface area contributed by atoms with E-state index in [-0.39, 0.29) is 6.10 Å². The van der Waals surface area contributed by atoms with Crippen LogP contribution in [0.1, 0.15) is 39.2 Å². The molecule has 3 aromatic rings. The molecule has 8 nitrogen and oxygen atoms in total. The largest absolute Gasteiger partial charge is 0.490 e. The van der Waals surface area contributed by atoms with Crippen molar-refractivity contribution in [2.24, 2.45) is 0 Å². The van der Waals surface area contributed by atoms with E-state index in [0.717, 1.165) is 48.0 Å². The van der Waals surface area contributed by atoms with Gasteiger partial charge in [0.1, 0.15) is 11.9 Å². The molecule has 0 amide bonds. The van der Waals surface area contributed by atoms with Crippen molar-refractivity contribution in [1.29, 1.82) is 0 Å². The third-order valence-electron chi connectivity index (χ3n) is 6.18. The summed E-state index contributed by atoms with van der Waals surface area (Å²) in [6.07, 6.45) is 5.41. The van der Waals surface area contributed by atoms with Crippen LogP contribution in [0.5, 0.6) is 11.5 Å². The highest BCUT2D eigenvalue weighted by atomic mass is 16.5. The minimum atomic E-state index is -0.950. The van der Waals surface area contributed by atoms with Crippen molar-refractivity contribution >= 4 is 23.3 Å². The summed E-state index contributed by atoms with van der Waals surface area (Å²) in [7, 11) is 0. The molecular weight excluding hydrogens is 444 g/mol. The zero-order chi connectivity index (χ0) is 24.8. The predicted molar refractivity (Wildman–Crippen MR) is 136 cm³/mol. The predicted octanol–water partition coefficient (Wildman–Crippen LogP) is 5.03. The maximum atomic E-state index is 11.5. The Morgan fingerprint density at radius 3 is 2.60 bits per heavy atom. The van der Waals surface area contributed by atoms with Gasteiger partial charge in [-0.05, 0) is 63.4 Å². The van der Waals surface area contributed by atoms with E-state index in [1.54, 1.807) is 26.2 Å². The van der Waals surface area contributed by atoms with Crippen molar-refractivity contribution in [1.82, 2.24) is 9.97 Å². The maximum absolute atomic E-state index is 11.5. The molecule has 2 N–H and O–H groups in total. The van der Waals surface area contributed by atoms with Gasteiger partial charge in [0, 0.05) is 12.2 Å². The van der Waals surface area contributed by atoms with E-state index in [4.69, 9.17) is 14.5 Å². The Kier molecular flexibility index (Phi) is 7.39. The molecule has 0 aliphatic carbocycles. The van der Waals surface area contributed by atoms with E-state index >= 15 is 0 Å². The third kappa shape index (κ3) is 5.82. The van der Waals surface area contributed by atoms with Gasteiger partial charge in [-0.3, -0.25) is 9.78 Å². The van der Waals surface area contributed by atoms with Crippen molar-refractivity contribution in [3.8, 4) is 11.5 Å². The molecule has 184 valence electrons. The van der Waals surface area contributed by atoms with Crippen LogP contribution in [0.25, 0.3) is 0 Å². The molecule has 1 atom stereocenters. The summed E-state index contributed by atoms with van der Waals surface area (Å²) in [6, 6.07) is 15.1. The molecule has 35 heavy (non-hydrogen) atoms. The molecule has 1 saturated heterocycles. The van der Waals surface area contributed by atoms with Gasteiger partial charge in [-0.15, -0.1) is 0 Å². The summed E-state index contributed by atoms with van der Waals surface area (Å²) >= 11 is 0. The van der Waals surface area contributed by atoms with Crippen molar-refractivity contribution in [2.45, 2.75) is 45.1 Å². The number of carboxylic acid groups (broad SMARTS) is 1. The number of ether oxygens (including phenoxy) is 2. The quantitative estimate of drug-likeness (QED) is 0.444. The number of carboxylic acids is 1. The standard InChI is InChI=1S/C27H32N4O4/c1-4-34-22-9-5-6-10-23(22)35-21-8-7-15-31(18-21)25-17-28-16-24(30-25)29-20-13-11-19(12-14-20)27(2,3)26(32)33/h5-6,9-14,16-17,21H,4,7-8,15,18H2,1-3H3,(H,29,30)(H,32,33). The number of piperidine rings is 1. The molecule has 1 aliphatic heterocycles. The van der Waals surface area contributed by atoms with Gasteiger partial charge in [0.2, 0.25) is 0 Å². The first-order valence-corrected chi connectivity index (χ1v) is 11.9. The fourth-order valence-corrected chi connectivity index (χ4v) is 4.05. The number of para-hydroxylation sites is 2. The molecular formula is C27H32N4O4. The SMILES string of the molecule is CCOc1ccccc1OC1CCCN(c2cncc(Nc3ccc(C(C)(C)C(=O)O)cc3)n2)C1. The van der Waals surface area contributed by atoms with E-state index in [1.165, 1.54) is 0 Å². The lowest BCUT2D eigenvalue weighted by atomic mass is 9.85. The fraction of sp³-hybridized carbons (Fsp3) is 0.370. The lowest BCUT2D eigenvalue weighted by Crippen LogP contribution is -2.41. The van der Waals surface area contributed by atoms with Crippen LogP contribution in [-0.4, -0.2) is 46.8 Å². The molecule has 1 aliphatic rings. The van der Waals surface area contributed by atoms with Crippen LogP contribution in [0.3, 0.4) is 0 Å². The van der Waals surface area contributed by atoms with E-state index in [1.807, 2.05) is 55.5 Å². The van der Waals surface area contributed by atoms with Crippen LogP contribution in [-0.2, 0) is 10.2 Å². The normalized spacial score (nSPS) is 16.0. The molecule has 2 aromatic carbocycles. The molecule has 0 radical (unpaired) electrons. The third-order valence-corrected chi connectivity index (χ3v) is 6.18. The summed E-state index contributed by atoms with van der Waals surface area (Å²) in [5, 5.41) is 12.7. The maximum Gasteiger partial charge on any atom is 0.313 e. The van der Waals surface area contributed by atoms with E-state index in [0.29, 0.717) is 19.0 Å². The second kappa shape index (κ2) is 10.6. The summed E-state index contributed by atoms with van der Waals surface area (Å²) in [6.45, 7) is 7.52. The minimum Gasteiger partial charge on any atom is -0.490 e. The Balaban J connectivity index is 1.43. The molecule has 4 rings (SSSR count). The van der Waals surface area contributed by atoms with Gasteiger partial charge in [-0.2, -0.15) is 0 Å². The fourth-order valence-electron chi connectivity index (χ4n) is 4.05. The van der Waals surface area contributed by atoms with Crippen LogP contribution >= 0.6 is 0 Å². The second-order valence-electron chi connectivity index (χ2n) is 9.10. The zero-order valence-corrected chi connectivity index (χ0v) is 20.4. The first kappa shape index (κ1) is 24.3. The van der Waals surface area contributed by atoms with Gasteiger partial charge in [0.25, 0.3) is 0 Å². The highest BCUT2D eigenvalue weighted by Gasteiger charge is 2.29. The highest BCUT2D eigenvalue weighted by molar-refractivity contribution is 5.80. The number of hydrogen-bond acceptors (Lipinski definition) is 7. The van der Waals surface area contributed by atoms with Crippen molar-refractivity contribution in [3.05, 3.63) is 66.5 Å². The van der Waals surface area contributed by atoms with Gasteiger partial charge in [0.05, 0.1) is 31.0 Å². The average molecular weight is 477 g/mol. The molecule has 1 unspecified atom stereocenters. The number of anilines is 3. The first-order chi connectivity index (χ1) is 16.9. The Bertz CT molecular complexity index is 1150. The topological polar surface area (TPSA) is 96.8 Å². The highest BCUT2D eigenvalue weighted by Crippen LogP contribution is 2.30. The number of rotatable bonds is 9. The van der Waals surface area contributed by atoms with Gasteiger partial charge in [0.15, 0.2) is 17.3 Å². The van der Waals surface area contributed by atoms with Crippen molar-refractivity contribution in [2.75, 3.05) is 29.9 Å². The van der Waals surface area contributed by atoms with Crippen molar-refractivity contribution < 1.29 is 19.4 Å². The van der Waals surface area contributed by atoms with Gasteiger partial charge >= 0.3 is 5.97 Å². The van der Waals surface area contributed by atoms with E-state index in [9.17, 15) is 9.90 Å². The number of aromatic nitrogens is 2. The van der Waals surface area contributed by atoms with Crippen LogP contribution in [0.15, 0.2) is 60.9 Å². The van der Waals surface area contributed by atoms with E-state index in [2.05, 4.69) is 15.2 Å². The smallest absolute Gasteiger partial charge is 0.313 e. The Morgan fingerprint density at radius 2 is 1.89 bits per heavy atom. The Labute approximate surface area is 205 Å². The summed E-state index contributed by atoms with van der Waals surface area (Å²) in [5.41, 5.74) is 0.600. The molecule has 2 heterocycles. The van der Waals surface area contributed by atoms with Gasteiger partial charge < -0.3 is 24.8 Å². The Morgan fingerprint density at radius 1 is 1.14 bits per heavy atom. The molecule has 0 bridgehead atoms. The second-order valence-corrected chi connectivity index (χ2v) is 9.10. The summed E-state index contributed by atoms with van der Waals surface area (Å²) < 4.78 is 12.0.